The molecule has 2 aliphatic rings. The Hall–Kier alpha value is -2.73. The van der Waals surface area contributed by atoms with Gasteiger partial charge in [0, 0.05) is 29.0 Å². The molecular weight excluding hydrogens is 354 g/mol. The molecule has 0 amide bonds. The SMILES string of the molecule is CCOc1cc(Cl)ccc1C1Cc2nncn2-c2cc3c(cc21)OCO3. The van der Waals surface area contributed by atoms with Crippen molar-refractivity contribution in [3.05, 3.63) is 58.6 Å². The smallest absolute Gasteiger partial charge is 0.231 e. The lowest BCUT2D eigenvalue weighted by Crippen LogP contribution is -2.19. The molecule has 0 aliphatic carbocycles. The van der Waals surface area contributed by atoms with Crippen LogP contribution in [0.4, 0.5) is 0 Å². The number of rotatable bonds is 3. The fourth-order valence-corrected chi connectivity index (χ4v) is 3.84. The molecule has 132 valence electrons. The normalized spacial score (nSPS) is 16.9. The van der Waals surface area contributed by atoms with Crippen molar-refractivity contribution in [2.24, 2.45) is 0 Å². The summed E-state index contributed by atoms with van der Waals surface area (Å²) in [5.41, 5.74) is 3.21. The first-order valence-corrected chi connectivity index (χ1v) is 8.87. The molecule has 0 radical (unpaired) electrons. The molecule has 0 saturated carbocycles. The zero-order valence-corrected chi connectivity index (χ0v) is 14.9. The number of halogens is 1. The molecule has 0 saturated heterocycles. The van der Waals surface area contributed by atoms with E-state index in [9.17, 15) is 0 Å². The van der Waals surface area contributed by atoms with Gasteiger partial charge in [0.2, 0.25) is 6.79 Å². The summed E-state index contributed by atoms with van der Waals surface area (Å²) in [7, 11) is 0. The van der Waals surface area contributed by atoms with Gasteiger partial charge < -0.3 is 14.2 Å². The highest BCUT2D eigenvalue weighted by Crippen LogP contribution is 2.46. The third kappa shape index (κ3) is 2.33. The zero-order valence-electron chi connectivity index (χ0n) is 14.1. The average molecular weight is 370 g/mol. The standard InChI is InChI=1S/C19H16ClN3O3/c1-2-24-16-5-11(20)3-4-12(16)13-7-19-22-21-9-23(19)15-8-18-17(6-14(13)15)25-10-26-18/h3-6,8-9,13H,2,7,10H2,1H3. The largest absolute Gasteiger partial charge is 0.494 e. The van der Waals surface area contributed by atoms with E-state index >= 15 is 0 Å². The van der Waals surface area contributed by atoms with E-state index in [1.807, 2.05) is 35.8 Å². The molecule has 0 spiro atoms. The van der Waals surface area contributed by atoms with Crippen molar-refractivity contribution in [2.45, 2.75) is 19.3 Å². The number of hydrogen-bond donors (Lipinski definition) is 0. The van der Waals surface area contributed by atoms with Gasteiger partial charge in [-0.05, 0) is 30.7 Å². The maximum Gasteiger partial charge on any atom is 0.231 e. The van der Waals surface area contributed by atoms with Crippen molar-refractivity contribution in [1.29, 1.82) is 0 Å². The van der Waals surface area contributed by atoms with Crippen LogP contribution in [0.15, 0.2) is 36.7 Å². The minimum Gasteiger partial charge on any atom is -0.494 e. The first-order chi connectivity index (χ1) is 12.7. The number of hydrogen-bond acceptors (Lipinski definition) is 5. The molecule has 5 rings (SSSR count). The van der Waals surface area contributed by atoms with E-state index in [1.54, 1.807) is 6.33 Å². The highest BCUT2D eigenvalue weighted by molar-refractivity contribution is 6.30. The van der Waals surface area contributed by atoms with Gasteiger partial charge in [-0.1, -0.05) is 17.7 Å². The Bertz CT molecular complexity index is 1000. The molecular formula is C19H16ClN3O3. The Morgan fingerprint density at radius 2 is 2.04 bits per heavy atom. The van der Waals surface area contributed by atoms with Crippen LogP contribution in [-0.2, 0) is 6.42 Å². The van der Waals surface area contributed by atoms with Crippen molar-refractivity contribution in [3.8, 4) is 22.9 Å². The van der Waals surface area contributed by atoms with Gasteiger partial charge in [0.05, 0.1) is 12.3 Å². The van der Waals surface area contributed by atoms with Crippen molar-refractivity contribution in [3.63, 3.8) is 0 Å². The van der Waals surface area contributed by atoms with E-state index in [4.69, 9.17) is 25.8 Å². The number of benzene rings is 2. The van der Waals surface area contributed by atoms with E-state index in [0.717, 1.165) is 39.9 Å². The van der Waals surface area contributed by atoms with Crippen LogP contribution in [0, 0.1) is 0 Å². The lowest BCUT2D eigenvalue weighted by molar-refractivity contribution is 0.174. The van der Waals surface area contributed by atoms with Gasteiger partial charge in [-0.2, -0.15) is 0 Å². The molecule has 0 bridgehead atoms. The maximum atomic E-state index is 6.19. The summed E-state index contributed by atoms with van der Waals surface area (Å²) >= 11 is 6.19. The number of nitrogens with zero attached hydrogens (tertiary/aromatic N) is 3. The highest BCUT2D eigenvalue weighted by atomic mass is 35.5. The minimum atomic E-state index is 0.0648. The van der Waals surface area contributed by atoms with Gasteiger partial charge in [-0.25, -0.2) is 0 Å². The molecule has 0 N–H and O–H groups in total. The minimum absolute atomic E-state index is 0.0648. The third-order valence-corrected chi connectivity index (χ3v) is 5.05. The van der Waals surface area contributed by atoms with Gasteiger partial charge in [0.25, 0.3) is 0 Å². The fourth-order valence-electron chi connectivity index (χ4n) is 3.68. The summed E-state index contributed by atoms with van der Waals surface area (Å²) in [4.78, 5) is 0. The Morgan fingerprint density at radius 3 is 2.88 bits per heavy atom. The Kier molecular flexibility index (Phi) is 3.53. The molecule has 1 atom stereocenters. The second-order valence-electron chi connectivity index (χ2n) is 6.25. The number of fused-ring (bicyclic) bond motifs is 4. The average Bonchev–Trinajstić information content (AvgIpc) is 3.28. The van der Waals surface area contributed by atoms with Crippen molar-refractivity contribution < 1.29 is 14.2 Å². The lowest BCUT2D eigenvalue weighted by Gasteiger charge is -2.28. The summed E-state index contributed by atoms with van der Waals surface area (Å²) in [6, 6.07) is 9.83. The van der Waals surface area contributed by atoms with Crippen LogP contribution >= 0.6 is 11.6 Å². The van der Waals surface area contributed by atoms with Crippen LogP contribution in [-0.4, -0.2) is 28.2 Å². The van der Waals surface area contributed by atoms with Gasteiger partial charge in [-0.3, -0.25) is 4.57 Å². The molecule has 26 heavy (non-hydrogen) atoms. The molecule has 6 nitrogen and oxygen atoms in total. The molecule has 7 heteroatoms. The lowest BCUT2D eigenvalue weighted by atomic mass is 9.84. The Morgan fingerprint density at radius 1 is 1.19 bits per heavy atom. The van der Waals surface area contributed by atoms with Crippen molar-refractivity contribution in [2.75, 3.05) is 13.4 Å². The highest BCUT2D eigenvalue weighted by Gasteiger charge is 2.32. The van der Waals surface area contributed by atoms with Crippen LogP contribution in [0.5, 0.6) is 17.2 Å². The van der Waals surface area contributed by atoms with Crippen LogP contribution in [0.25, 0.3) is 5.69 Å². The molecule has 1 aromatic heterocycles. The second kappa shape index (κ2) is 5.92. The molecule has 2 aromatic carbocycles. The van der Waals surface area contributed by atoms with Gasteiger partial charge in [-0.15, -0.1) is 10.2 Å². The summed E-state index contributed by atoms with van der Waals surface area (Å²) in [6.07, 6.45) is 2.45. The van der Waals surface area contributed by atoms with Gasteiger partial charge >= 0.3 is 0 Å². The van der Waals surface area contributed by atoms with Gasteiger partial charge in [0.15, 0.2) is 11.5 Å². The van der Waals surface area contributed by atoms with E-state index in [1.165, 1.54) is 0 Å². The van der Waals surface area contributed by atoms with E-state index in [0.29, 0.717) is 18.1 Å². The topological polar surface area (TPSA) is 58.4 Å². The first-order valence-electron chi connectivity index (χ1n) is 8.49. The third-order valence-electron chi connectivity index (χ3n) is 4.81. The Balaban J connectivity index is 1.71. The zero-order chi connectivity index (χ0) is 17.7. The molecule has 1 unspecified atom stereocenters. The van der Waals surface area contributed by atoms with Crippen molar-refractivity contribution >= 4 is 11.6 Å². The van der Waals surface area contributed by atoms with E-state index < -0.39 is 0 Å². The molecule has 3 heterocycles. The van der Waals surface area contributed by atoms with Crippen molar-refractivity contribution in [1.82, 2.24) is 14.8 Å². The van der Waals surface area contributed by atoms with Crippen LogP contribution in [0.2, 0.25) is 5.02 Å². The van der Waals surface area contributed by atoms with Crippen LogP contribution in [0.3, 0.4) is 0 Å². The maximum absolute atomic E-state index is 6.19. The number of ether oxygens (including phenoxy) is 3. The summed E-state index contributed by atoms with van der Waals surface area (Å²) < 4.78 is 19.0. The van der Waals surface area contributed by atoms with Crippen LogP contribution < -0.4 is 14.2 Å². The monoisotopic (exact) mass is 369 g/mol. The van der Waals surface area contributed by atoms with E-state index in [-0.39, 0.29) is 12.7 Å². The summed E-state index contributed by atoms with van der Waals surface area (Å²) in [5.74, 6) is 3.26. The van der Waals surface area contributed by atoms with E-state index in [2.05, 4.69) is 16.3 Å². The predicted molar refractivity (Wildman–Crippen MR) is 95.7 cm³/mol. The summed E-state index contributed by atoms with van der Waals surface area (Å²) in [6.45, 7) is 2.78. The second-order valence-corrected chi connectivity index (χ2v) is 6.69. The molecule has 0 fully saturated rings. The molecule has 2 aliphatic heterocycles. The quantitative estimate of drug-likeness (QED) is 0.704. The predicted octanol–water partition coefficient (Wildman–Crippen LogP) is 3.74. The first kappa shape index (κ1) is 15.5. The van der Waals surface area contributed by atoms with Crippen LogP contribution in [0.1, 0.15) is 29.8 Å². The van der Waals surface area contributed by atoms with Gasteiger partial charge in [0.1, 0.15) is 17.9 Å². The summed E-state index contributed by atoms with van der Waals surface area (Å²) in [5, 5.41) is 9.03. The Labute approximate surface area is 155 Å². The molecule has 3 aromatic rings. The number of aromatic nitrogens is 3. The fraction of sp³-hybridized carbons (Fsp3) is 0.263.